The van der Waals surface area contributed by atoms with E-state index in [-0.39, 0.29) is 0 Å². The van der Waals surface area contributed by atoms with Crippen molar-refractivity contribution in [1.29, 1.82) is 0 Å². The van der Waals surface area contributed by atoms with Gasteiger partial charge in [0.15, 0.2) is 0 Å². The van der Waals surface area contributed by atoms with Crippen LogP contribution in [0.25, 0.3) is 0 Å². The average molecular weight is 269 g/mol. The van der Waals surface area contributed by atoms with Gasteiger partial charge in [0.1, 0.15) is 0 Å². The Labute approximate surface area is 120 Å². The highest BCUT2D eigenvalue weighted by Gasteiger charge is 2.26. The van der Waals surface area contributed by atoms with Crippen molar-refractivity contribution in [2.75, 3.05) is 33.7 Å². The van der Waals surface area contributed by atoms with Gasteiger partial charge in [-0.2, -0.15) is 0 Å². The SMILES string of the molecule is CCCCCCCCCC(N)C1CN(C)CCN1C. The van der Waals surface area contributed by atoms with Crippen LogP contribution in [0, 0.1) is 0 Å². The van der Waals surface area contributed by atoms with Gasteiger partial charge in [-0.05, 0) is 20.5 Å². The average Bonchev–Trinajstić information content (AvgIpc) is 2.40. The minimum absolute atomic E-state index is 0.350. The first kappa shape index (κ1) is 16.9. The van der Waals surface area contributed by atoms with E-state index < -0.39 is 0 Å². The van der Waals surface area contributed by atoms with E-state index in [2.05, 4.69) is 30.8 Å². The van der Waals surface area contributed by atoms with E-state index in [0.717, 1.165) is 13.1 Å². The molecule has 0 aromatic carbocycles. The van der Waals surface area contributed by atoms with E-state index in [1.54, 1.807) is 0 Å². The lowest BCUT2D eigenvalue weighted by molar-refractivity contribution is 0.0946. The Hall–Kier alpha value is -0.120. The largest absolute Gasteiger partial charge is 0.326 e. The van der Waals surface area contributed by atoms with Crippen LogP contribution < -0.4 is 5.73 Å². The summed E-state index contributed by atoms with van der Waals surface area (Å²) in [6.45, 7) is 5.74. The molecular formula is C16H35N3. The van der Waals surface area contributed by atoms with E-state index >= 15 is 0 Å². The minimum Gasteiger partial charge on any atom is -0.326 e. The number of nitrogens with zero attached hydrogens (tertiary/aromatic N) is 2. The lowest BCUT2D eigenvalue weighted by atomic mass is 9.98. The predicted octanol–water partition coefficient (Wildman–Crippen LogP) is 2.70. The summed E-state index contributed by atoms with van der Waals surface area (Å²) in [5, 5.41) is 0. The molecule has 0 spiro atoms. The highest BCUT2D eigenvalue weighted by molar-refractivity contribution is 4.86. The lowest BCUT2D eigenvalue weighted by Crippen LogP contribution is -2.57. The smallest absolute Gasteiger partial charge is 0.0371 e. The third-order valence-corrected chi connectivity index (χ3v) is 4.53. The second-order valence-corrected chi connectivity index (χ2v) is 6.38. The zero-order chi connectivity index (χ0) is 14.1. The van der Waals surface area contributed by atoms with Crippen LogP contribution >= 0.6 is 0 Å². The Balaban J connectivity index is 2.07. The van der Waals surface area contributed by atoms with Crippen LogP contribution in [-0.2, 0) is 0 Å². The molecule has 1 aliphatic heterocycles. The van der Waals surface area contributed by atoms with Gasteiger partial charge >= 0.3 is 0 Å². The topological polar surface area (TPSA) is 32.5 Å². The third-order valence-electron chi connectivity index (χ3n) is 4.53. The van der Waals surface area contributed by atoms with E-state index in [0.29, 0.717) is 12.1 Å². The summed E-state index contributed by atoms with van der Waals surface area (Å²) in [6.07, 6.45) is 10.8. The first-order chi connectivity index (χ1) is 9.15. The van der Waals surface area contributed by atoms with Crippen molar-refractivity contribution in [1.82, 2.24) is 9.80 Å². The van der Waals surface area contributed by atoms with Crippen molar-refractivity contribution in [3.8, 4) is 0 Å². The van der Waals surface area contributed by atoms with Gasteiger partial charge in [0.2, 0.25) is 0 Å². The van der Waals surface area contributed by atoms with Gasteiger partial charge < -0.3 is 10.6 Å². The molecule has 0 amide bonds. The van der Waals surface area contributed by atoms with E-state index in [9.17, 15) is 0 Å². The third kappa shape index (κ3) is 6.73. The molecule has 1 fully saturated rings. The molecule has 2 atom stereocenters. The molecule has 0 aromatic rings. The Morgan fingerprint density at radius 2 is 1.63 bits per heavy atom. The van der Waals surface area contributed by atoms with E-state index in [4.69, 9.17) is 5.73 Å². The lowest BCUT2D eigenvalue weighted by Gasteiger charge is -2.40. The Morgan fingerprint density at radius 1 is 1.00 bits per heavy atom. The summed E-state index contributed by atoms with van der Waals surface area (Å²) in [6, 6.07) is 0.905. The Morgan fingerprint density at radius 3 is 2.32 bits per heavy atom. The number of likely N-dealkylation sites (N-methyl/N-ethyl adjacent to an activating group) is 2. The van der Waals surface area contributed by atoms with Crippen LogP contribution in [0.1, 0.15) is 58.3 Å². The molecule has 3 heteroatoms. The number of rotatable bonds is 9. The van der Waals surface area contributed by atoms with Crippen LogP contribution in [0.4, 0.5) is 0 Å². The van der Waals surface area contributed by atoms with E-state index in [1.165, 1.54) is 57.9 Å². The molecular weight excluding hydrogens is 234 g/mol. The number of piperazine rings is 1. The van der Waals surface area contributed by atoms with Gasteiger partial charge in [0.25, 0.3) is 0 Å². The number of hydrogen-bond donors (Lipinski definition) is 1. The molecule has 0 aromatic heterocycles. The minimum atomic E-state index is 0.350. The maximum Gasteiger partial charge on any atom is 0.0371 e. The van der Waals surface area contributed by atoms with Crippen LogP contribution in [0.2, 0.25) is 0 Å². The summed E-state index contributed by atoms with van der Waals surface area (Å²) >= 11 is 0. The van der Waals surface area contributed by atoms with Crippen LogP contribution in [0.3, 0.4) is 0 Å². The normalized spacial score (nSPS) is 23.7. The molecule has 1 rings (SSSR count). The van der Waals surface area contributed by atoms with Gasteiger partial charge in [-0.25, -0.2) is 0 Å². The summed E-state index contributed by atoms with van der Waals surface area (Å²) in [5.41, 5.74) is 6.40. The van der Waals surface area contributed by atoms with Gasteiger partial charge in [-0.3, -0.25) is 4.90 Å². The highest BCUT2D eigenvalue weighted by atomic mass is 15.3. The molecule has 0 saturated carbocycles. The molecule has 0 bridgehead atoms. The fraction of sp³-hybridized carbons (Fsp3) is 1.00. The first-order valence-electron chi connectivity index (χ1n) is 8.29. The second-order valence-electron chi connectivity index (χ2n) is 6.38. The summed E-state index contributed by atoms with van der Waals surface area (Å²) in [4.78, 5) is 4.86. The Bertz CT molecular complexity index is 220. The summed E-state index contributed by atoms with van der Waals surface area (Å²) in [7, 11) is 4.43. The summed E-state index contributed by atoms with van der Waals surface area (Å²) < 4.78 is 0. The molecule has 3 nitrogen and oxygen atoms in total. The molecule has 2 N–H and O–H groups in total. The monoisotopic (exact) mass is 269 g/mol. The van der Waals surface area contributed by atoms with Crippen molar-refractivity contribution < 1.29 is 0 Å². The fourth-order valence-corrected chi connectivity index (χ4v) is 3.04. The summed E-state index contributed by atoms with van der Waals surface area (Å²) in [5.74, 6) is 0. The van der Waals surface area contributed by atoms with Crippen LogP contribution in [0.5, 0.6) is 0 Å². The van der Waals surface area contributed by atoms with Crippen molar-refractivity contribution in [2.45, 2.75) is 70.4 Å². The van der Waals surface area contributed by atoms with Crippen LogP contribution in [-0.4, -0.2) is 55.6 Å². The number of nitrogens with two attached hydrogens (primary N) is 1. The number of unbranched alkanes of at least 4 members (excludes halogenated alkanes) is 6. The molecule has 1 heterocycles. The van der Waals surface area contributed by atoms with Gasteiger partial charge in [-0.1, -0.05) is 51.9 Å². The predicted molar refractivity (Wildman–Crippen MR) is 84.5 cm³/mol. The fourth-order valence-electron chi connectivity index (χ4n) is 3.04. The van der Waals surface area contributed by atoms with E-state index in [1.807, 2.05) is 0 Å². The van der Waals surface area contributed by atoms with Gasteiger partial charge in [0.05, 0.1) is 0 Å². The first-order valence-corrected chi connectivity index (χ1v) is 8.29. The molecule has 1 aliphatic rings. The molecule has 0 radical (unpaired) electrons. The molecule has 114 valence electrons. The van der Waals surface area contributed by atoms with Crippen molar-refractivity contribution in [2.24, 2.45) is 5.73 Å². The maximum atomic E-state index is 6.40. The van der Waals surface area contributed by atoms with Crippen molar-refractivity contribution in [3.63, 3.8) is 0 Å². The molecule has 19 heavy (non-hydrogen) atoms. The second kappa shape index (κ2) is 9.73. The maximum absolute atomic E-state index is 6.40. The number of hydrogen-bond acceptors (Lipinski definition) is 3. The zero-order valence-corrected chi connectivity index (χ0v) is 13.4. The zero-order valence-electron chi connectivity index (χ0n) is 13.4. The highest BCUT2D eigenvalue weighted by Crippen LogP contribution is 2.15. The molecule has 1 saturated heterocycles. The van der Waals surface area contributed by atoms with Crippen molar-refractivity contribution in [3.05, 3.63) is 0 Å². The Kier molecular flexibility index (Phi) is 8.67. The van der Waals surface area contributed by atoms with Crippen LogP contribution in [0.15, 0.2) is 0 Å². The quantitative estimate of drug-likeness (QED) is 0.653. The van der Waals surface area contributed by atoms with Gasteiger partial charge in [0, 0.05) is 31.7 Å². The van der Waals surface area contributed by atoms with Gasteiger partial charge in [-0.15, -0.1) is 0 Å². The van der Waals surface area contributed by atoms with Crippen molar-refractivity contribution >= 4 is 0 Å². The standard InChI is InChI=1S/C16H35N3/c1-4-5-6-7-8-9-10-11-15(17)16-14-18(2)12-13-19(16)3/h15-16H,4-14,17H2,1-3H3. The molecule has 2 unspecified atom stereocenters. The molecule has 0 aliphatic carbocycles.